The van der Waals surface area contributed by atoms with Crippen LogP contribution in [0.25, 0.3) is 5.82 Å². The number of hydrogen-bond donors (Lipinski definition) is 2. The Morgan fingerprint density at radius 2 is 2.00 bits per heavy atom. The van der Waals surface area contributed by atoms with E-state index in [9.17, 15) is 9.59 Å². The van der Waals surface area contributed by atoms with E-state index >= 15 is 0 Å². The first-order chi connectivity index (χ1) is 13.6. The van der Waals surface area contributed by atoms with Crippen molar-refractivity contribution in [2.45, 2.75) is 13.0 Å². The van der Waals surface area contributed by atoms with E-state index in [1.54, 1.807) is 31.2 Å². The van der Waals surface area contributed by atoms with Crippen LogP contribution in [-0.4, -0.2) is 43.4 Å². The number of hydrogen-bond acceptors (Lipinski definition) is 7. The molecule has 10 heteroatoms. The molecule has 1 unspecified atom stereocenters. The molecule has 3 heterocycles. The van der Waals surface area contributed by atoms with Gasteiger partial charge in [-0.25, -0.2) is 24.7 Å². The minimum absolute atomic E-state index is 0.0382. The van der Waals surface area contributed by atoms with Crippen molar-refractivity contribution in [3.63, 3.8) is 0 Å². The number of amides is 2. The number of carbonyl (C=O) groups excluding carboxylic acids is 2. The van der Waals surface area contributed by atoms with Gasteiger partial charge in [0.1, 0.15) is 18.7 Å². The fourth-order valence-corrected chi connectivity index (χ4v) is 2.62. The van der Waals surface area contributed by atoms with Gasteiger partial charge in [0, 0.05) is 0 Å². The van der Waals surface area contributed by atoms with E-state index in [1.165, 1.54) is 28.5 Å². The number of aliphatic imine (C=N–C) groups is 1. The highest BCUT2D eigenvalue weighted by Gasteiger charge is 2.30. The van der Waals surface area contributed by atoms with Crippen molar-refractivity contribution in [1.29, 1.82) is 0 Å². The van der Waals surface area contributed by atoms with Gasteiger partial charge in [0.25, 0.3) is 11.8 Å². The van der Waals surface area contributed by atoms with Crippen LogP contribution in [0.4, 0.5) is 11.4 Å². The Morgan fingerprint density at radius 3 is 2.68 bits per heavy atom. The number of aromatic nitrogens is 4. The Labute approximate surface area is 159 Å². The average molecular weight is 376 g/mol. The lowest BCUT2D eigenvalue weighted by molar-refractivity contribution is -0.120. The van der Waals surface area contributed by atoms with Crippen molar-refractivity contribution >= 4 is 29.0 Å². The van der Waals surface area contributed by atoms with Gasteiger partial charge < -0.3 is 5.32 Å². The zero-order valence-electron chi connectivity index (χ0n) is 14.9. The molecule has 0 fully saturated rings. The quantitative estimate of drug-likeness (QED) is 0.700. The number of nitrogens with one attached hydrogen (secondary N) is 2. The van der Waals surface area contributed by atoms with Gasteiger partial charge >= 0.3 is 0 Å². The van der Waals surface area contributed by atoms with Gasteiger partial charge in [-0.05, 0) is 31.2 Å². The molecule has 0 spiro atoms. The summed E-state index contributed by atoms with van der Waals surface area (Å²) in [5, 5.41) is 8.02. The van der Waals surface area contributed by atoms with E-state index in [4.69, 9.17) is 0 Å². The molecule has 0 radical (unpaired) electrons. The first-order valence-electron chi connectivity index (χ1n) is 8.48. The molecule has 2 amide bonds. The van der Waals surface area contributed by atoms with Gasteiger partial charge in [-0.3, -0.25) is 15.0 Å². The van der Waals surface area contributed by atoms with Crippen molar-refractivity contribution < 1.29 is 9.59 Å². The predicted octanol–water partition coefficient (Wildman–Crippen LogP) is 0.939. The number of benzene rings is 1. The van der Waals surface area contributed by atoms with Crippen LogP contribution in [0.2, 0.25) is 0 Å². The summed E-state index contributed by atoms with van der Waals surface area (Å²) in [4.78, 5) is 37.3. The fraction of sp³-hybridized carbons (Fsp3) is 0.111. The maximum Gasteiger partial charge on any atom is 0.292 e. The summed E-state index contributed by atoms with van der Waals surface area (Å²) >= 11 is 0. The molecule has 4 rings (SSSR count). The van der Waals surface area contributed by atoms with Gasteiger partial charge in [0.15, 0.2) is 5.82 Å². The normalized spacial score (nSPS) is 16.3. The van der Waals surface area contributed by atoms with Gasteiger partial charge in [-0.15, -0.1) is 0 Å². The maximum atomic E-state index is 12.6. The van der Waals surface area contributed by atoms with Crippen LogP contribution in [0, 0.1) is 0 Å². The Morgan fingerprint density at radius 1 is 1.18 bits per heavy atom. The zero-order valence-corrected chi connectivity index (χ0v) is 14.9. The lowest BCUT2D eigenvalue weighted by Gasteiger charge is -2.30. The number of carbonyl (C=O) groups is 2. The van der Waals surface area contributed by atoms with Crippen LogP contribution in [0.5, 0.6) is 0 Å². The molecule has 1 aromatic carbocycles. The first kappa shape index (κ1) is 17.3. The van der Waals surface area contributed by atoms with Crippen molar-refractivity contribution in [3.05, 3.63) is 61.3 Å². The third-order valence-corrected chi connectivity index (χ3v) is 4.01. The van der Waals surface area contributed by atoms with Gasteiger partial charge in [0.05, 0.1) is 17.6 Å². The molecule has 2 aromatic heterocycles. The summed E-state index contributed by atoms with van der Waals surface area (Å²) in [5.41, 5.74) is 3.89. The number of rotatable bonds is 4. The molecule has 3 aromatic rings. The molecule has 1 aliphatic heterocycles. The number of hydrazine groups is 1. The van der Waals surface area contributed by atoms with Gasteiger partial charge in [-0.2, -0.15) is 5.10 Å². The Kier molecular flexibility index (Phi) is 4.50. The monoisotopic (exact) mass is 376 g/mol. The smallest absolute Gasteiger partial charge is 0.292 e. The van der Waals surface area contributed by atoms with Crippen molar-refractivity contribution in [2.75, 3.05) is 10.3 Å². The van der Waals surface area contributed by atoms with E-state index in [0.29, 0.717) is 17.2 Å². The first-order valence-corrected chi connectivity index (χ1v) is 8.48. The largest absolute Gasteiger partial charge is 0.318 e. The number of para-hydroxylation sites is 1. The van der Waals surface area contributed by atoms with E-state index in [1.807, 2.05) is 18.2 Å². The van der Waals surface area contributed by atoms with Crippen LogP contribution in [0.15, 0.2) is 66.3 Å². The van der Waals surface area contributed by atoms with Gasteiger partial charge in [-0.1, -0.05) is 18.2 Å². The summed E-state index contributed by atoms with van der Waals surface area (Å²) in [6.45, 7) is 1.64. The highest BCUT2D eigenvalue weighted by Crippen LogP contribution is 2.16. The lowest BCUT2D eigenvalue weighted by Crippen LogP contribution is -2.57. The van der Waals surface area contributed by atoms with Crippen molar-refractivity contribution in [2.24, 2.45) is 4.99 Å². The molecule has 0 bridgehead atoms. The molecular formula is C18H16N8O2. The van der Waals surface area contributed by atoms with E-state index in [2.05, 4.69) is 30.8 Å². The molecule has 0 saturated carbocycles. The second-order valence-electron chi connectivity index (χ2n) is 5.97. The minimum atomic E-state index is -0.685. The standard InChI is InChI=1S/C18H16N8O2/c1-12-18(28)26(14-5-3-2-4-6-14)24-16(22-12)17(27)23-13-7-8-15(20-9-13)25-11-19-10-21-25/h2-12H,1H3,(H,22,24)(H,23,27). The molecule has 28 heavy (non-hydrogen) atoms. The summed E-state index contributed by atoms with van der Waals surface area (Å²) < 4.78 is 1.50. The summed E-state index contributed by atoms with van der Waals surface area (Å²) in [6.07, 6.45) is 4.44. The van der Waals surface area contributed by atoms with E-state index in [-0.39, 0.29) is 11.7 Å². The zero-order chi connectivity index (χ0) is 19.5. The van der Waals surface area contributed by atoms with Crippen LogP contribution in [0.1, 0.15) is 6.92 Å². The molecular weight excluding hydrogens is 360 g/mol. The highest BCUT2D eigenvalue weighted by atomic mass is 16.2. The second kappa shape index (κ2) is 7.27. The molecule has 0 saturated heterocycles. The van der Waals surface area contributed by atoms with E-state index < -0.39 is 11.9 Å². The third-order valence-electron chi connectivity index (χ3n) is 4.01. The molecule has 10 nitrogen and oxygen atoms in total. The van der Waals surface area contributed by atoms with Crippen LogP contribution in [0.3, 0.4) is 0 Å². The van der Waals surface area contributed by atoms with Gasteiger partial charge in [0.2, 0.25) is 5.84 Å². The third kappa shape index (κ3) is 3.43. The SMILES string of the molecule is CC1N=C(C(=O)Nc2ccc(-n3cncn3)nc2)NN(c2ccccc2)C1=O. The summed E-state index contributed by atoms with van der Waals surface area (Å²) in [5.74, 6) is -0.119. The van der Waals surface area contributed by atoms with Crippen LogP contribution < -0.4 is 15.8 Å². The summed E-state index contributed by atoms with van der Waals surface area (Å²) in [7, 11) is 0. The number of anilines is 2. The molecule has 140 valence electrons. The van der Waals surface area contributed by atoms with Crippen LogP contribution in [-0.2, 0) is 9.59 Å². The topological polar surface area (TPSA) is 117 Å². The number of nitrogens with zero attached hydrogens (tertiary/aromatic N) is 6. The molecule has 2 N–H and O–H groups in total. The number of pyridine rings is 1. The second-order valence-corrected chi connectivity index (χ2v) is 5.97. The predicted molar refractivity (Wildman–Crippen MR) is 102 cm³/mol. The molecule has 1 aliphatic rings. The Bertz CT molecular complexity index is 1020. The highest BCUT2D eigenvalue weighted by molar-refractivity contribution is 6.43. The fourth-order valence-electron chi connectivity index (χ4n) is 2.62. The molecule has 0 aliphatic carbocycles. The maximum absolute atomic E-state index is 12.6. The van der Waals surface area contributed by atoms with Crippen molar-refractivity contribution in [3.8, 4) is 5.82 Å². The summed E-state index contributed by atoms with van der Waals surface area (Å²) in [6, 6.07) is 11.7. The Hall–Kier alpha value is -4.08. The number of amidine groups is 1. The van der Waals surface area contributed by atoms with E-state index in [0.717, 1.165) is 0 Å². The Balaban J connectivity index is 1.49. The minimum Gasteiger partial charge on any atom is -0.318 e. The lowest BCUT2D eigenvalue weighted by atomic mass is 10.2. The average Bonchev–Trinajstić information content (AvgIpc) is 3.26. The van der Waals surface area contributed by atoms with Crippen molar-refractivity contribution in [1.82, 2.24) is 25.2 Å². The van der Waals surface area contributed by atoms with Crippen LogP contribution >= 0.6 is 0 Å². The molecule has 1 atom stereocenters.